The van der Waals surface area contributed by atoms with Crippen molar-refractivity contribution in [3.8, 4) is 11.3 Å². The van der Waals surface area contributed by atoms with Crippen LogP contribution in [0.15, 0.2) is 41.3 Å². The molecule has 5 nitrogen and oxygen atoms in total. The standard InChI is InChI=1S/C13H15N3O2S/c1-9(2)19(17,18)11-5-3-10(4-6-11)12-7-8-13(14)16-15-12/h3-9H,1-2H3,(H2,14,16). The third-order valence-electron chi connectivity index (χ3n) is 2.78. The molecule has 6 heteroatoms. The number of nitrogen functional groups attached to an aromatic ring is 1. The van der Waals surface area contributed by atoms with E-state index in [1.807, 2.05) is 0 Å². The molecule has 19 heavy (non-hydrogen) atoms. The molecule has 0 saturated carbocycles. The Kier molecular flexibility index (Phi) is 3.53. The van der Waals surface area contributed by atoms with Gasteiger partial charge in [0.15, 0.2) is 9.84 Å². The normalized spacial score (nSPS) is 11.7. The van der Waals surface area contributed by atoms with Crippen molar-refractivity contribution in [2.24, 2.45) is 0 Å². The van der Waals surface area contributed by atoms with Crippen LogP contribution in [0.3, 0.4) is 0 Å². The number of rotatable bonds is 3. The van der Waals surface area contributed by atoms with Gasteiger partial charge in [0.05, 0.1) is 15.8 Å². The van der Waals surface area contributed by atoms with Gasteiger partial charge in [0, 0.05) is 5.56 Å². The van der Waals surface area contributed by atoms with E-state index in [9.17, 15) is 8.42 Å². The van der Waals surface area contributed by atoms with Crippen molar-refractivity contribution in [2.75, 3.05) is 5.73 Å². The van der Waals surface area contributed by atoms with Crippen LogP contribution in [0.5, 0.6) is 0 Å². The summed E-state index contributed by atoms with van der Waals surface area (Å²) in [7, 11) is -3.24. The van der Waals surface area contributed by atoms with E-state index < -0.39 is 15.1 Å². The number of nitrogens with zero attached hydrogens (tertiary/aromatic N) is 2. The van der Waals surface area contributed by atoms with Gasteiger partial charge in [-0.05, 0) is 38.1 Å². The number of benzene rings is 1. The minimum absolute atomic E-state index is 0.314. The maximum Gasteiger partial charge on any atom is 0.180 e. The Labute approximate surface area is 112 Å². The van der Waals surface area contributed by atoms with Gasteiger partial charge < -0.3 is 5.73 Å². The van der Waals surface area contributed by atoms with Crippen LogP contribution in [0, 0.1) is 0 Å². The van der Waals surface area contributed by atoms with Crippen LogP contribution in [0.4, 0.5) is 5.82 Å². The Morgan fingerprint density at radius 1 is 1.00 bits per heavy atom. The zero-order chi connectivity index (χ0) is 14.0. The van der Waals surface area contributed by atoms with E-state index in [4.69, 9.17) is 5.73 Å². The summed E-state index contributed by atoms with van der Waals surface area (Å²) in [6.07, 6.45) is 0. The zero-order valence-corrected chi connectivity index (χ0v) is 11.6. The third-order valence-corrected chi connectivity index (χ3v) is 4.95. The molecule has 0 aliphatic carbocycles. The Bertz CT molecular complexity index is 662. The maximum absolute atomic E-state index is 12.0. The molecule has 0 fully saturated rings. The molecular formula is C13H15N3O2S. The van der Waals surface area contributed by atoms with Crippen LogP contribution in [0.1, 0.15) is 13.8 Å². The summed E-state index contributed by atoms with van der Waals surface area (Å²) in [5.74, 6) is 0.350. The Morgan fingerprint density at radius 2 is 1.63 bits per heavy atom. The molecule has 1 aromatic heterocycles. The highest BCUT2D eigenvalue weighted by Gasteiger charge is 2.18. The van der Waals surface area contributed by atoms with Crippen LogP contribution in [0.2, 0.25) is 0 Å². The fourth-order valence-electron chi connectivity index (χ4n) is 1.58. The Morgan fingerprint density at radius 3 is 2.11 bits per heavy atom. The predicted molar refractivity (Wildman–Crippen MR) is 74.2 cm³/mol. The number of aromatic nitrogens is 2. The van der Waals surface area contributed by atoms with E-state index in [0.29, 0.717) is 16.4 Å². The van der Waals surface area contributed by atoms with Gasteiger partial charge in [-0.15, -0.1) is 10.2 Å². The van der Waals surface area contributed by atoms with Crippen LogP contribution in [-0.4, -0.2) is 23.9 Å². The van der Waals surface area contributed by atoms with Crippen LogP contribution < -0.4 is 5.73 Å². The summed E-state index contributed by atoms with van der Waals surface area (Å²) in [5.41, 5.74) is 6.92. The molecule has 2 N–H and O–H groups in total. The number of hydrogen-bond acceptors (Lipinski definition) is 5. The van der Waals surface area contributed by atoms with Crippen molar-refractivity contribution < 1.29 is 8.42 Å². The lowest BCUT2D eigenvalue weighted by Crippen LogP contribution is -2.13. The lowest BCUT2D eigenvalue weighted by atomic mass is 10.1. The van der Waals surface area contributed by atoms with Gasteiger partial charge in [-0.1, -0.05) is 12.1 Å². The zero-order valence-electron chi connectivity index (χ0n) is 10.7. The molecule has 0 aliphatic heterocycles. The van der Waals surface area contributed by atoms with Crippen molar-refractivity contribution in [2.45, 2.75) is 24.0 Å². The number of sulfone groups is 1. The highest BCUT2D eigenvalue weighted by molar-refractivity contribution is 7.92. The van der Waals surface area contributed by atoms with Crippen molar-refractivity contribution in [1.82, 2.24) is 10.2 Å². The molecular weight excluding hydrogens is 262 g/mol. The first-order valence-electron chi connectivity index (χ1n) is 5.85. The lowest BCUT2D eigenvalue weighted by molar-refractivity contribution is 0.587. The van der Waals surface area contributed by atoms with Gasteiger partial charge in [0.1, 0.15) is 5.82 Å². The van der Waals surface area contributed by atoms with Gasteiger partial charge in [-0.25, -0.2) is 8.42 Å². The van der Waals surface area contributed by atoms with Gasteiger partial charge in [0.2, 0.25) is 0 Å². The molecule has 100 valence electrons. The third kappa shape index (κ3) is 2.73. The second kappa shape index (κ2) is 4.97. The molecule has 1 aromatic carbocycles. The van der Waals surface area contributed by atoms with Crippen LogP contribution in [0.25, 0.3) is 11.3 Å². The van der Waals surface area contributed by atoms with Gasteiger partial charge in [-0.2, -0.15) is 0 Å². The van der Waals surface area contributed by atoms with Crippen molar-refractivity contribution >= 4 is 15.7 Å². The molecule has 0 amide bonds. The molecule has 0 aliphatic rings. The quantitative estimate of drug-likeness (QED) is 0.926. The second-order valence-electron chi connectivity index (χ2n) is 4.46. The SMILES string of the molecule is CC(C)S(=O)(=O)c1ccc(-c2ccc(N)nn2)cc1. The van der Waals surface area contributed by atoms with E-state index in [2.05, 4.69) is 10.2 Å². The van der Waals surface area contributed by atoms with E-state index in [1.165, 1.54) is 0 Å². The highest BCUT2D eigenvalue weighted by Crippen LogP contribution is 2.21. The maximum atomic E-state index is 12.0. The first-order valence-corrected chi connectivity index (χ1v) is 7.39. The summed E-state index contributed by atoms with van der Waals surface area (Å²) >= 11 is 0. The summed E-state index contributed by atoms with van der Waals surface area (Å²) < 4.78 is 24.0. The summed E-state index contributed by atoms with van der Waals surface area (Å²) in [6.45, 7) is 3.32. The van der Waals surface area contributed by atoms with Crippen LogP contribution >= 0.6 is 0 Å². The average Bonchev–Trinajstić information content (AvgIpc) is 2.39. The van der Waals surface area contributed by atoms with E-state index in [0.717, 1.165) is 5.56 Å². The summed E-state index contributed by atoms with van der Waals surface area (Å²) in [5, 5.41) is 7.28. The first-order chi connectivity index (χ1) is 8.91. The van der Waals surface area contributed by atoms with Gasteiger partial charge in [0.25, 0.3) is 0 Å². The Hall–Kier alpha value is -1.95. The van der Waals surface area contributed by atoms with E-state index >= 15 is 0 Å². The smallest absolute Gasteiger partial charge is 0.180 e. The van der Waals surface area contributed by atoms with E-state index in [1.54, 1.807) is 50.2 Å². The molecule has 0 saturated heterocycles. The van der Waals surface area contributed by atoms with Crippen molar-refractivity contribution in [1.29, 1.82) is 0 Å². The molecule has 2 rings (SSSR count). The Balaban J connectivity index is 2.36. The van der Waals surface area contributed by atoms with Crippen molar-refractivity contribution in [3.63, 3.8) is 0 Å². The number of nitrogens with two attached hydrogens (primary N) is 1. The van der Waals surface area contributed by atoms with Gasteiger partial charge in [-0.3, -0.25) is 0 Å². The molecule has 2 aromatic rings. The van der Waals surface area contributed by atoms with Crippen molar-refractivity contribution in [3.05, 3.63) is 36.4 Å². The lowest BCUT2D eigenvalue weighted by Gasteiger charge is -2.08. The summed E-state index contributed by atoms with van der Waals surface area (Å²) in [6, 6.07) is 10.0. The summed E-state index contributed by atoms with van der Waals surface area (Å²) in [4.78, 5) is 0.314. The molecule has 0 atom stereocenters. The number of anilines is 1. The molecule has 0 spiro atoms. The molecule has 0 bridgehead atoms. The van der Waals surface area contributed by atoms with E-state index in [-0.39, 0.29) is 0 Å². The first kappa shape index (κ1) is 13.5. The fraction of sp³-hybridized carbons (Fsp3) is 0.231. The largest absolute Gasteiger partial charge is 0.382 e. The second-order valence-corrected chi connectivity index (χ2v) is 6.97. The topological polar surface area (TPSA) is 85.9 Å². The predicted octanol–water partition coefficient (Wildman–Crippen LogP) is 1.91. The molecule has 0 unspecified atom stereocenters. The minimum atomic E-state index is -3.24. The van der Waals surface area contributed by atoms with Crippen LogP contribution in [-0.2, 0) is 9.84 Å². The number of hydrogen-bond donors (Lipinski definition) is 1. The monoisotopic (exact) mass is 277 g/mol. The molecule has 0 radical (unpaired) electrons. The minimum Gasteiger partial charge on any atom is -0.382 e. The van der Waals surface area contributed by atoms with Gasteiger partial charge >= 0.3 is 0 Å². The highest BCUT2D eigenvalue weighted by atomic mass is 32.2. The molecule has 1 heterocycles. The fourth-order valence-corrected chi connectivity index (χ4v) is 2.64. The average molecular weight is 277 g/mol.